The smallest absolute Gasteiger partial charge is 0.261 e. The summed E-state index contributed by atoms with van der Waals surface area (Å²) in [4.78, 5) is 0. The molecule has 0 saturated carbocycles. The lowest BCUT2D eigenvalue weighted by Gasteiger charge is -2.45. The normalized spacial score (nSPS) is 13.0. The standard InChI is InChI=1S/C40H46OPSi/c1-5-21-34(41-43(40(2,3)4,38-28-17-9-18-29-38)39-30-19-10-20-31-39)32-33-42(35-22-11-6-12-23-35,36-24-13-7-14-25-36)37-26-15-8-16-27-37/h6-20,22-31,34H,5,21,32-33H2,1-4H3/q+1/t34-/m1/s1. The van der Waals surface area contributed by atoms with Crippen LogP contribution in [-0.4, -0.2) is 20.6 Å². The van der Waals surface area contributed by atoms with Crippen LogP contribution in [0, 0.1) is 0 Å². The van der Waals surface area contributed by atoms with Crippen LogP contribution in [0.3, 0.4) is 0 Å². The van der Waals surface area contributed by atoms with Gasteiger partial charge in [-0.2, -0.15) is 0 Å². The molecule has 43 heavy (non-hydrogen) atoms. The summed E-state index contributed by atoms with van der Waals surface area (Å²) in [7, 11) is -4.62. The molecule has 3 heteroatoms. The van der Waals surface area contributed by atoms with Crippen LogP contribution in [0.15, 0.2) is 152 Å². The van der Waals surface area contributed by atoms with Crippen LogP contribution in [0.1, 0.15) is 47.0 Å². The van der Waals surface area contributed by atoms with Crippen LogP contribution < -0.4 is 26.3 Å². The van der Waals surface area contributed by atoms with Crippen LogP contribution in [0.5, 0.6) is 0 Å². The fraction of sp³-hybridized carbons (Fsp3) is 0.250. The lowest BCUT2D eigenvalue weighted by atomic mass is 10.2. The van der Waals surface area contributed by atoms with E-state index < -0.39 is 15.6 Å². The Kier molecular flexibility index (Phi) is 10.1. The number of hydrogen-bond acceptors (Lipinski definition) is 1. The molecule has 0 saturated heterocycles. The third-order valence-corrected chi connectivity index (χ3v) is 18.3. The SMILES string of the molecule is CCC[C@H](CC[P+](c1ccccc1)(c1ccccc1)c1ccccc1)O[Si](c1ccccc1)(c1ccccc1)C(C)(C)C. The zero-order valence-electron chi connectivity index (χ0n) is 26.2. The van der Waals surface area contributed by atoms with E-state index in [0.29, 0.717) is 0 Å². The van der Waals surface area contributed by atoms with Gasteiger partial charge in [-0.25, -0.2) is 0 Å². The Labute approximate surface area is 261 Å². The van der Waals surface area contributed by atoms with Crippen LogP contribution in [0.4, 0.5) is 0 Å². The second kappa shape index (κ2) is 14.0. The highest BCUT2D eigenvalue weighted by atomic mass is 31.2. The molecule has 0 radical (unpaired) electrons. The zero-order valence-corrected chi connectivity index (χ0v) is 28.1. The Morgan fingerprint density at radius 2 is 0.884 bits per heavy atom. The van der Waals surface area contributed by atoms with Crippen LogP contribution >= 0.6 is 7.26 Å². The molecule has 1 nitrogen and oxygen atoms in total. The second-order valence-corrected chi connectivity index (χ2v) is 20.4. The van der Waals surface area contributed by atoms with E-state index in [2.05, 4.69) is 179 Å². The molecular weight excluding hydrogens is 555 g/mol. The lowest BCUT2D eigenvalue weighted by Crippen LogP contribution is -2.67. The van der Waals surface area contributed by atoms with E-state index in [1.807, 2.05) is 0 Å². The van der Waals surface area contributed by atoms with Gasteiger partial charge in [-0.1, -0.05) is 149 Å². The quantitative estimate of drug-likeness (QED) is 0.104. The summed E-state index contributed by atoms with van der Waals surface area (Å²) >= 11 is 0. The zero-order chi connectivity index (χ0) is 30.2. The third-order valence-electron chi connectivity index (χ3n) is 8.75. The molecule has 0 unspecified atom stereocenters. The Morgan fingerprint density at radius 3 is 1.21 bits per heavy atom. The summed E-state index contributed by atoms with van der Waals surface area (Å²) in [6.45, 7) is 9.46. The van der Waals surface area contributed by atoms with Gasteiger partial charge in [0.25, 0.3) is 8.32 Å². The van der Waals surface area contributed by atoms with Crippen molar-refractivity contribution in [2.45, 2.75) is 58.1 Å². The molecule has 5 rings (SSSR count). The predicted octanol–water partition coefficient (Wildman–Crippen LogP) is 8.12. The first-order valence-corrected chi connectivity index (χ1v) is 19.6. The summed E-state index contributed by atoms with van der Waals surface area (Å²) in [6, 6.07) is 56.0. The van der Waals surface area contributed by atoms with Crippen LogP contribution in [-0.2, 0) is 4.43 Å². The first-order valence-electron chi connectivity index (χ1n) is 15.8. The predicted molar refractivity (Wildman–Crippen MR) is 192 cm³/mol. The molecule has 1 atom stereocenters. The molecule has 0 aromatic heterocycles. The van der Waals surface area contributed by atoms with Gasteiger partial charge in [0, 0.05) is 12.5 Å². The summed E-state index contributed by atoms with van der Waals surface area (Å²) < 4.78 is 7.77. The Hall–Kier alpha value is -3.29. The Morgan fingerprint density at radius 1 is 0.535 bits per heavy atom. The fourth-order valence-corrected chi connectivity index (χ4v) is 15.9. The summed E-state index contributed by atoms with van der Waals surface area (Å²) in [5.74, 6) is 0. The lowest BCUT2D eigenvalue weighted by molar-refractivity contribution is 0.173. The number of rotatable bonds is 12. The number of benzene rings is 5. The molecule has 0 aliphatic heterocycles. The van der Waals surface area contributed by atoms with Crippen molar-refractivity contribution in [3.05, 3.63) is 152 Å². The average Bonchev–Trinajstić information content (AvgIpc) is 3.05. The first kappa shape index (κ1) is 31.1. The minimum absolute atomic E-state index is 0.0494. The molecule has 220 valence electrons. The van der Waals surface area contributed by atoms with Gasteiger partial charge >= 0.3 is 0 Å². The molecule has 0 bridgehead atoms. The van der Waals surface area contributed by atoms with Crippen molar-refractivity contribution in [3.8, 4) is 0 Å². The highest BCUT2D eigenvalue weighted by Gasteiger charge is 2.52. The molecular formula is C40H46OPSi+. The summed E-state index contributed by atoms with van der Waals surface area (Å²) in [6.07, 6.45) is 4.35. The van der Waals surface area contributed by atoms with Gasteiger partial charge in [0.2, 0.25) is 0 Å². The van der Waals surface area contributed by atoms with E-state index >= 15 is 0 Å². The molecule has 5 aromatic rings. The molecule has 0 amide bonds. The van der Waals surface area contributed by atoms with Gasteiger partial charge in [0.1, 0.15) is 23.2 Å². The maximum absolute atomic E-state index is 7.77. The molecule has 0 aliphatic carbocycles. The van der Waals surface area contributed by atoms with Crippen LogP contribution in [0.2, 0.25) is 5.04 Å². The van der Waals surface area contributed by atoms with E-state index in [1.165, 1.54) is 26.3 Å². The minimum atomic E-state index is -2.67. The topological polar surface area (TPSA) is 9.23 Å². The van der Waals surface area contributed by atoms with Crippen molar-refractivity contribution in [2.75, 3.05) is 6.16 Å². The molecule has 0 heterocycles. The summed E-state index contributed by atoms with van der Waals surface area (Å²) in [5, 5.41) is 6.97. The molecule has 0 aliphatic rings. The Bertz CT molecular complexity index is 1380. The number of hydrogen-bond donors (Lipinski definition) is 0. The van der Waals surface area contributed by atoms with Crippen molar-refractivity contribution in [3.63, 3.8) is 0 Å². The van der Waals surface area contributed by atoms with Crippen molar-refractivity contribution in [2.24, 2.45) is 0 Å². The van der Waals surface area contributed by atoms with Gasteiger partial charge in [0.15, 0.2) is 0 Å². The van der Waals surface area contributed by atoms with Crippen LogP contribution in [0.25, 0.3) is 0 Å². The average molecular weight is 602 g/mol. The van der Waals surface area contributed by atoms with Crippen molar-refractivity contribution >= 4 is 41.9 Å². The minimum Gasteiger partial charge on any atom is -0.404 e. The van der Waals surface area contributed by atoms with Gasteiger partial charge in [0.05, 0.1) is 6.16 Å². The van der Waals surface area contributed by atoms with E-state index in [9.17, 15) is 0 Å². The van der Waals surface area contributed by atoms with Gasteiger partial charge < -0.3 is 4.43 Å². The molecule has 0 fully saturated rings. The second-order valence-electron chi connectivity index (χ2n) is 12.5. The molecule has 0 N–H and O–H groups in total. The van der Waals surface area contributed by atoms with E-state index in [0.717, 1.165) is 25.4 Å². The summed E-state index contributed by atoms with van der Waals surface area (Å²) in [5.41, 5.74) is 0. The van der Waals surface area contributed by atoms with E-state index in [-0.39, 0.29) is 11.1 Å². The first-order chi connectivity index (χ1) is 20.9. The molecule has 5 aromatic carbocycles. The van der Waals surface area contributed by atoms with Gasteiger partial charge in [-0.3, -0.25) is 0 Å². The molecule has 0 spiro atoms. The van der Waals surface area contributed by atoms with Gasteiger partial charge in [-0.05, 0) is 58.2 Å². The Balaban J connectivity index is 1.63. The third kappa shape index (κ3) is 6.48. The largest absolute Gasteiger partial charge is 0.404 e. The van der Waals surface area contributed by atoms with E-state index in [1.54, 1.807) is 0 Å². The monoisotopic (exact) mass is 601 g/mol. The van der Waals surface area contributed by atoms with E-state index in [4.69, 9.17) is 4.43 Å². The van der Waals surface area contributed by atoms with Crippen molar-refractivity contribution < 1.29 is 4.43 Å². The maximum atomic E-state index is 7.77. The highest BCUT2D eigenvalue weighted by Crippen LogP contribution is 2.56. The fourth-order valence-electron chi connectivity index (χ4n) is 6.75. The van der Waals surface area contributed by atoms with Gasteiger partial charge in [-0.15, -0.1) is 0 Å². The van der Waals surface area contributed by atoms with Crippen molar-refractivity contribution in [1.82, 2.24) is 0 Å². The highest BCUT2D eigenvalue weighted by molar-refractivity contribution is 7.95. The maximum Gasteiger partial charge on any atom is 0.261 e. The van der Waals surface area contributed by atoms with Crippen molar-refractivity contribution in [1.29, 1.82) is 0 Å².